The minimum atomic E-state index is 0.461. The summed E-state index contributed by atoms with van der Waals surface area (Å²) in [5.74, 6) is 0. The van der Waals surface area contributed by atoms with Crippen LogP contribution >= 0.6 is 0 Å². The van der Waals surface area contributed by atoms with Crippen molar-refractivity contribution in [2.45, 2.75) is 32.9 Å². The van der Waals surface area contributed by atoms with Crippen LogP contribution in [0.25, 0.3) is 0 Å². The molecule has 0 aliphatic rings. The van der Waals surface area contributed by atoms with Crippen LogP contribution < -0.4 is 5.32 Å². The van der Waals surface area contributed by atoms with E-state index in [0.29, 0.717) is 6.04 Å². The van der Waals surface area contributed by atoms with Crippen molar-refractivity contribution in [3.8, 4) is 0 Å². The highest BCUT2D eigenvalue weighted by molar-refractivity contribution is 5.14. The van der Waals surface area contributed by atoms with Gasteiger partial charge in [0.2, 0.25) is 0 Å². The van der Waals surface area contributed by atoms with Gasteiger partial charge in [-0.25, -0.2) is 0 Å². The van der Waals surface area contributed by atoms with E-state index in [1.165, 1.54) is 12.0 Å². The molecule has 1 aromatic heterocycles. The zero-order chi connectivity index (χ0) is 8.97. The summed E-state index contributed by atoms with van der Waals surface area (Å²) in [5.41, 5.74) is 1.37. The highest BCUT2D eigenvalue weighted by atomic mass is 14.9. The first kappa shape index (κ1) is 9.33. The molecule has 0 bridgehead atoms. The van der Waals surface area contributed by atoms with Gasteiger partial charge in [-0.05, 0) is 32.0 Å². The van der Waals surface area contributed by atoms with Crippen molar-refractivity contribution in [3.63, 3.8) is 0 Å². The summed E-state index contributed by atoms with van der Waals surface area (Å²) in [6.45, 7) is 5.49. The Bertz CT molecular complexity index is 227. The average Bonchev–Trinajstić information content (AvgIpc) is 2.52. The van der Waals surface area contributed by atoms with E-state index in [0.717, 1.165) is 6.54 Å². The monoisotopic (exact) mass is 166 g/mol. The van der Waals surface area contributed by atoms with Gasteiger partial charge in [-0.1, -0.05) is 6.92 Å². The molecule has 0 aliphatic heterocycles. The lowest BCUT2D eigenvalue weighted by atomic mass is 10.2. The van der Waals surface area contributed by atoms with Crippen LogP contribution in [-0.2, 0) is 6.54 Å². The summed E-state index contributed by atoms with van der Waals surface area (Å²) < 4.78 is 2.24. The lowest BCUT2D eigenvalue weighted by Crippen LogP contribution is -2.11. The van der Waals surface area contributed by atoms with Gasteiger partial charge in [-0.3, -0.25) is 0 Å². The van der Waals surface area contributed by atoms with Crippen LogP contribution in [0.3, 0.4) is 0 Å². The van der Waals surface area contributed by atoms with E-state index in [2.05, 4.69) is 42.2 Å². The molecule has 1 aromatic rings. The maximum absolute atomic E-state index is 3.22. The highest BCUT2D eigenvalue weighted by Crippen LogP contribution is 2.11. The molecule has 2 heteroatoms. The van der Waals surface area contributed by atoms with E-state index >= 15 is 0 Å². The van der Waals surface area contributed by atoms with Crippen LogP contribution in [0.5, 0.6) is 0 Å². The first-order chi connectivity index (χ1) is 5.77. The second-order valence-corrected chi connectivity index (χ2v) is 3.19. The van der Waals surface area contributed by atoms with Crippen molar-refractivity contribution in [3.05, 3.63) is 24.0 Å². The lowest BCUT2D eigenvalue weighted by Gasteiger charge is -2.06. The summed E-state index contributed by atoms with van der Waals surface area (Å²) in [6.07, 6.45) is 5.55. The number of nitrogens with one attached hydrogen (secondary N) is 1. The van der Waals surface area contributed by atoms with E-state index in [9.17, 15) is 0 Å². The van der Waals surface area contributed by atoms with Crippen LogP contribution in [-0.4, -0.2) is 11.6 Å². The van der Waals surface area contributed by atoms with Gasteiger partial charge >= 0.3 is 0 Å². The molecular weight excluding hydrogens is 148 g/mol. The third-order valence-electron chi connectivity index (χ3n) is 2.19. The second kappa shape index (κ2) is 4.31. The molecule has 0 radical (unpaired) electrons. The summed E-state index contributed by atoms with van der Waals surface area (Å²) in [4.78, 5) is 0. The van der Waals surface area contributed by atoms with E-state index in [4.69, 9.17) is 0 Å². The lowest BCUT2D eigenvalue weighted by molar-refractivity contribution is 0.640. The Balaban J connectivity index is 2.63. The Kier molecular flexibility index (Phi) is 3.35. The molecule has 68 valence electrons. The predicted octanol–water partition coefficient (Wildman–Crippen LogP) is 2.18. The van der Waals surface area contributed by atoms with Crippen LogP contribution in [0.4, 0.5) is 0 Å². The summed E-state index contributed by atoms with van der Waals surface area (Å²) in [5, 5.41) is 3.22. The van der Waals surface area contributed by atoms with E-state index < -0.39 is 0 Å². The summed E-state index contributed by atoms with van der Waals surface area (Å²) >= 11 is 0. The van der Waals surface area contributed by atoms with Crippen molar-refractivity contribution in [1.29, 1.82) is 0 Å². The summed E-state index contributed by atoms with van der Waals surface area (Å²) in [6, 6.07) is 2.64. The number of hydrogen-bond donors (Lipinski definition) is 1. The van der Waals surface area contributed by atoms with Gasteiger partial charge in [-0.15, -0.1) is 0 Å². The van der Waals surface area contributed by atoms with Gasteiger partial charge in [0.1, 0.15) is 0 Å². The van der Waals surface area contributed by atoms with Crippen LogP contribution in [0.2, 0.25) is 0 Å². The minimum Gasteiger partial charge on any atom is -0.354 e. The van der Waals surface area contributed by atoms with Crippen LogP contribution in [0.1, 0.15) is 31.9 Å². The second-order valence-electron chi connectivity index (χ2n) is 3.19. The smallest absolute Gasteiger partial charge is 0.0304 e. The molecule has 1 atom stereocenters. The van der Waals surface area contributed by atoms with E-state index in [1.54, 1.807) is 0 Å². The number of rotatable bonds is 4. The fourth-order valence-corrected chi connectivity index (χ4v) is 1.28. The first-order valence-electron chi connectivity index (χ1n) is 4.61. The molecular formula is C10H18N2. The molecule has 0 aliphatic carbocycles. The highest BCUT2D eigenvalue weighted by Gasteiger charge is 2.02. The molecule has 1 heterocycles. The molecule has 0 fully saturated rings. The fourth-order valence-electron chi connectivity index (χ4n) is 1.28. The predicted molar refractivity (Wildman–Crippen MR) is 52.2 cm³/mol. The van der Waals surface area contributed by atoms with Gasteiger partial charge in [0.25, 0.3) is 0 Å². The standard InChI is InChI=1S/C10H18N2/c1-4-6-12-7-5-10(8-12)9(2)11-3/h5,7-9,11H,4,6H2,1-3H3/t9-/m0/s1. The Morgan fingerprint density at radius 2 is 2.33 bits per heavy atom. The van der Waals surface area contributed by atoms with Gasteiger partial charge in [0.15, 0.2) is 0 Å². The number of aryl methyl sites for hydroxylation is 1. The number of hydrogen-bond acceptors (Lipinski definition) is 1. The molecule has 0 amide bonds. The molecule has 0 spiro atoms. The van der Waals surface area contributed by atoms with Crippen molar-refractivity contribution < 1.29 is 0 Å². The normalized spacial score (nSPS) is 13.2. The molecule has 0 saturated carbocycles. The van der Waals surface area contributed by atoms with Crippen molar-refractivity contribution in [1.82, 2.24) is 9.88 Å². The third-order valence-corrected chi connectivity index (χ3v) is 2.19. The van der Waals surface area contributed by atoms with Crippen molar-refractivity contribution >= 4 is 0 Å². The molecule has 1 N–H and O–H groups in total. The van der Waals surface area contributed by atoms with Crippen molar-refractivity contribution in [2.75, 3.05) is 7.05 Å². The quantitative estimate of drug-likeness (QED) is 0.725. The molecule has 1 rings (SSSR count). The fraction of sp³-hybridized carbons (Fsp3) is 0.600. The Hall–Kier alpha value is -0.760. The molecule has 0 saturated heterocycles. The Morgan fingerprint density at radius 1 is 1.58 bits per heavy atom. The molecule has 0 unspecified atom stereocenters. The Morgan fingerprint density at radius 3 is 2.92 bits per heavy atom. The van der Waals surface area contributed by atoms with Gasteiger partial charge in [0.05, 0.1) is 0 Å². The van der Waals surface area contributed by atoms with E-state index in [-0.39, 0.29) is 0 Å². The SMILES string of the molecule is CCCn1ccc([C@H](C)NC)c1. The number of aromatic nitrogens is 1. The molecule has 0 aromatic carbocycles. The van der Waals surface area contributed by atoms with Crippen LogP contribution in [0.15, 0.2) is 18.5 Å². The summed E-state index contributed by atoms with van der Waals surface area (Å²) in [7, 11) is 1.99. The first-order valence-corrected chi connectivity index (χ1v) is 4.61. The third kappa shape index (κ3) is 2.11. The average molecular weight is 166 g/mol. The molecule has 2 nitrogen and oxygen atoms in total. The Labute approximate surface area is 74.6 Å². The largest absolute Gasteiger partial charge is 0.354 e. The van der Waals surface area contributed by atoms with E-state index in [1.807, 2.05) is 7.05 Å². The van der Waals surface area contributed by atoms with Crippen LogP contribution in [0, 0.1) is 0 Å². The number of nitrogens with zero attached hydrogens (tertiary/aromatic N) is 1. The van der Waals surface area contributed by atoms with Crippen molar-refractivity contribution in [2.24, 2.45) is 0 Å². The van der Waals surface area contributed by atoms with Gasteiger partial charge < -0.3 is 9.88 Å². The van der Waals surface area contributed by atoms with Gasteiger partial charge in [0, 0.05) is 25.0 Å². The minimum absolute atomic E-state index is 0.461. The zero-order valence-electron chi connectivity index (χ0n) is 8.17. The maximum Gasteiger partial charge on any atom is 0.0304 e. The van der Waals surface area contributed by atoms with Gasteiger partial charge in [-0.2, -0.15) is 0 Å². The molecule has 12 heavy (non-hydrogen) atoms. The topological polar surface area (TPSA) is 17.0 Å². The maximum atomic E-state index is 3.22. The zero-order valence-corrected chi connectivity index (χ0v) is 8.17.